The molecule has 0 spiro atoms. The van der Waals surface area contributed by atoms with E-state index in [1.807, 2.05) is 0 Å². The maximum absolute atomic E-state index is 12.8. The molecule has 0 saturated carbocycles. The second-order valence-electron chi connectivity index (χ2n) is 6.57. The summed E-state index contributed by atoms with van der Waals surface area (Å²) in [5.74, 6) is -1.81. The lowest BCUT2D eigenvalue weighted by molar-refractivity contribution is -0.242. The molecule has 0 radical (unpaired) electrons. The van der Waals surface area contributed by atoms with E-state index < -0.39 is 42.6 Å². The number of sulfonamides is 1. The van der Waals surface area contributed by atoms with Gasteiger partial charge < -0.3 is 10.4 Å². The third-order valence-electron chi connectivity index (χ3n) is 3.94. The smallest absolute Gasteiger partial charge is 0.373 e. The number of alkyl halides is 3. The topological polar surface area (TPSA) is 130 Å². The maximum atomic E-state index is 12.8. The molecule has 2 aromatic rings. The van der Waals surface area contributed by atoms with Crippen molar-refractivity contribution in [1.29, 1.82) is 0 Å². The molecule has 2 rings (SSSR count). The molecule has 31 heavy (non-hydrogen) atoms. The van der Waals surface area contributed by atoms with Gasteiger partial charge in [-0.05, 0) is 43.3 Å². The minimum Gasteiger partial charge on any atom is -0.373 e. The predicted octanol–water partition coefficient (Wildman–Crippen LogP) is 2.80. The summed E-state index contributed by atoms with van der Waals surface area (Å²) in [7, 11) is -7.86. The zero-order valence-electron chi connectivity index (χ0n) is 15.9. The van der Waals surface area contributed by atoms with Crippen molar-refractivity contribution in [1.82, 2.24) is 0 Å². The van der Waals surface area contributed by atoms with E-state index in [0.717, 1.165) is 30.5 Å². The van der Waals surface area contributed by atoms with Crippen molar-refractivity contribution in [3.63, 3.8) is 0 Å². The van der Waals surface area contributed by atoms with Crippen LogP contribution in [0.15, 0.2) is 52.3 Å². The summed E-state index contributed by atoms with van der Waals surface area (Å²) in [5.41, 5.74) is -4.07. The van der Waals surface area contributed by atoms with E-state index in [2.05, 4.69) is 4.72 Å². The number of halogens is 4. The average Bonchev–Trinajstić information content (AvgIpc) is 2.61. The van der Waals surface area contributed by atoms with Gasteiger partial charge in [0.1, 0.15) is 0 Å². The molecule has 3 N–H and O–H groups in total. The van der Waals surface area contributed by atoms with E-state index in [4.69, 9.17) is 11.6 Å². The summed E-state index contributed by atoms with van der Waals surface area (Å²) in [4.78, 5) is 11.1. The van der Waals surface area contributed by atoms with Crippen LogP contribution in [0.2, 0.25) is 5.02 Å². The Morgan fingerprint density at radius 1 is 1.03 bits per heavy atom. The number of sulfone groups is 1. The largest absolute Gasteiger partial charge is 0.426 e. The van der Waals surface area contributed by atoms with Crippen molar-refractivity contribution < 1.29 is 39.9 Å². The van der Waals surface area contributed by atoms with Crippen molar-refractivity contribution >= 4 is 48.7 Å². The summed E-state index contributed by atoms with van der Waals surface area (Å²) in [6.45, 7) is 0.257. The van der Waals surface area contributed by atoms with E-state index in [0.29, 0.717) is 0 Å². The first kappa shape index (κ1) is 24.9. The predicted molar refractivity (Wildman–Crippen MR) is 107 cm³/mol. The Morgan fingerprint density at radius 3 is 2.13 bits per heavy atom. The fourth-order valence-corrected chi connectivity index (χ4v) is 4.39. The molecular formula is C17H16ClF3N2O6S2. The Hall–Kier alpha value is -2.35. The number of carbonyl (C=O) groups is 1. The van der Waals surface area contributed by atoms with Gasteiger partial charge in [0.25, 0.3) is 5.91 Å². The molecular weight excluding hydrogens is 485 g/mol. The fourth-order valence-electron chi connectivity index (χ4n) is 2.21. The van der Waals surface area contributed by atoms with Crippen molar-refractivity contribution in [2.75, 3.05) is 16.3 Å². The highest BCUT2D eigenvalue weighted by Gasteiger charge is 2.55. The lowest BCUT2D eigenvalue weighted by atomic mass is 10.1. The summed E-state index contributed by atoms with van der Waals surface area (Å²) < 4.78 is 88.7. The molecule has 8 nitrogen and oxygen atoms in total. The van der Waals surface area contributed by atoms with Gasteiger partial charge in [0, 0.05) is 5.69 Å². The number of anilines is 2. The SMILES string of the molecule is C[C@@](O)(C(=O)Nc1ccc(S(=O)(=O)c2cccc(NS(C)(=O)=O)c2)cc1Cl)C(F)(F)F. The first-order valence-electron chi connectivity index (χ1n) is 8.18. The van der Waals surface area contributed by atoms with E-state index in [-0.39, 0.29) is 28.1 Å². The van der Waals surface area contributed by atoms with Crippen LogP contribution in [0.1, 0.15) is 6.92 Å². The van der Waals surface area contributed by atoms with Crippen LogP contribution in [-0.2, 0) is 24.7 Å². The Balaban J connectivity index is 2.36. The molecule has 0 aliphatic carbocycles. The Labute approximate surface area is 181 Å². The van der Waals surface area contributed by atoms with Gasteiger partial charge in [-0.3, -0.25) is 9.52 Å². The van der Waals surface area contributed by atoms with Gasteiger partial charge in [0.05, 0.1) is 26.8 Å². The van der Waals surface area contributed by atoms with Gasteiger partial charge in [-0.1, -0.05) is 17.7 Å². The number of amides is 1. The Kier molecular flexibility index (Phi) is 6.67. The van der Waals surface area contributed by atoms with Crippen molar-refractivity contribution in [3.8, 4) is 0 Å². The first-order chi connectivity index (χ1) is 13.9. The number of benzene rings is 2. The zero-order valence-corrected chi connectivity index (χ0v) is 18.2. The molecule has 1 atom stereocenters. The number of nitrogens with one attached hydrogen (secondary N) is 2. The van der Waals surface area contributed by atoms with Crippen molar-refractivity contribution in [2.24, 2.45) is 0 Å². The molecule has 0 aliphatic heterocycles. The summed E-state index contributed by atoms with van der Waals surface area (Å²) in [6.07, 6.45) is -4.37. The molecule has 0 fully saturated rings. The highest BCUT2D eigenvalue weighted by molar-refractivity contribution is 7.92. The third kappa shape index (κ3) is 5.67. The van der Waals surface area contributed by atoms with Crippen LogP contribution in [0.3, 0.4) is 0 Å². The number of carbonyl (C=O) groups excluding carboxylic acids is 1. The number of aliphatic hydroxyl groups is 1. The second kappa shape index (κ2) is 8.30. The van der Waals surface area contributed by atoms with Gasteiger partial charge in [-0.2, -0.15) is 13.2 Å². The molecule has 0 aliphatic rings. The summed E-state index contributed by atoms with van der Waals surface area (Å²) in [5, 5.41) is 10.8. The monoisotopic (exact) mass is 500 g/mol. The molecule has 0 unspecified atom stereocenters. The Morgan fingerprint density at radius 2 is 1.61 bits per heavy atom. The summed E-state index contributed by atoms with van der Waals surface area (Å²) in [6, 6.07) is 7.74. The first-order valence-corrected chi connectivity index (χ1v) is 11.9. The maximum Gasteiger partial charge on any atom is 0.426 e. The van der Waals surface area contributed by atoms with Gasteiger partial charge in [0.2, 0.25) is 25.5 Å². The molecule has 0 bridgehead atoms. The van der Waals surface area contributed by atoms with Crippen molar-refractivity contribution in [2.45, 2.75) is 28.5 Å². The van der Waals surface area contributed by atoms with Crippen LogP contribution in [0, 0.1) is 0 Å². The van der Waals surface area contributed by atoms with E-state index in [1.165, 1.54) is 18.2 Å². The molecule has 1 amide bonds. The zero-order chi connectivity index (χ0) is 23.8. The molecule has 0 aromatic heterocycles. The van der Waals surface area contributed by atoms with E-state index >= 15 is 0 Å². The van der Waals surface area contributed by atoms with Crippen LogP contribution in [0.25, 0.3) is 0 Å². The minimum atomic E-state index is -5.25. The highest BCUT2D eigenvalue weighted by Crippen LogP contribution is 2.33. The van der Waals surface area contributed by atoms with Gasteiger partial charge in [0.15, 0.2) is 0 Å². The number of hydrogen-bond donors (Lipinski definition) is 3. The molecule has 14 heteroatoms. The lowest BCUT2D eigenvalue weighted by Crippen LogP contribution is -2.52. The van der Waals surface area contributed by atoms with Crippen LogP contribution < -0.4 is 10.0 Å². The quantitative estimate of drug-likeness (QED) is 0.559. The lowest BCUT2D eigenvalue weighted by Gasteiger charge is -2.25. The number of rotatable bonds is 6. The van der Waals surface area contributed by atoms with Crippen LogP contribution >= 0.6 is 11.6 Å². The summed E-state index contributed by atoms with van der Waals surface area (Å²) >= 11 is 5.92. The van der Waals surface area contributed by atoms with E-state index in [9.17, 15) is 39.9 Å². The van der Waals surface area contributed by atoms with Crippen molar-refractivity contribution in [3.05, 3.63) is 47.5 Å². The van der Waals surface area contributed by atoms with Gasteiger partial charge >= 0.3 is 6.18 Å². The third-order valence-corrected chi connectivity index (χ3v) is 6.61. The van der Waals surface area contributed by atoms with Crippen LogP contribution in [-0.4, -0.2) is 45.9 Å². The van der Waals surface area contributed by atoms with E-state index in [1.54, 1.807) is 5.32 Å². The normalized spacial score (nSPS) is 14.5. The number of hydrogen-bond acceptors (Lipinski definition) is 6. The highest BCUT2D eigenvalue weighted by atomic mass is 35.5. The van der Waals surface area contributed by atoms with Crippen LogP contribution in [0.5, 0.6) is 0 Å². The molecule has 170 valence electrons. The standard InChI is InChI=1S/C17H16ClF3N2O6S2/c1-16(25,17(19,20)21)15(24)22-14-7-6-12(9-13(14)18)31(28,29)11-5-3-4-10(8-11)23-30(2,26)27/h3-9,23,25H,1-2H3,(H,22,24)/t16-/m1/s1. The molecule has 0 saturated heterocycles. The fraction of sp³-hybridized carbons (Fsp3) is 0.235. The van der Waals surface area contributed by atoms with Crippen LogP contribution in [0.4, 0.5) is 24.5 Å². The molecule has 0 heterocycles. The van der Waals surface area contributed by atoms with Gasteiger partial charge in [-0.15, -0.1) is 0 Å². The average molecular weight is 501 g/mol. The molecule has 2 aromatic carbocycles. The van der Waals surface area contributed by atoms with Gasteiger partial charge in [-0.25, -0.2) is 16.8 Å². The minimum absolute atomic E-state index is 0.00654. The second-order valence-corrected chi connectivity index (χ2v) is 10.7. The Bertz CT molecular complexity index is 1230.